The first-order valence-corrected chi connectivity index (χ1v) is 8.04. The van der Waals surface area contributed by atoms with Crippen molar-refractivity contribution in [3.63, 3.8) is 0 Å². The number of ether oxygens (including phenoxy) is 1. The van der Waals surface area contributed by atoms with Crippen LogP contribution in [0.2, 0.25) is 0 Å². The highest BCUT2D eigenvalue weighted by Crippen LogP contribution is 2.35. The van der Waals surface area contributed by atoms with E-state index in [9.17, 15) is 18.3 Å². The minimum absolute atomic E-state index is 0.149. The molecule has 6 heteroatoms. The van der Waals surface area contributed by atoms with E-state index in [1.807, 2.05) is 0 Å². The molecule has 124 valence electrons. The molecular formula is C15H26F3NO2. The molecule has 21 heavy (non-hydrogen) atoms. The molecule has 0 aromatic heterocycles. The number of aliphatic hydroxyl groups is 1. The van der Waals surface area contributed by atoms with Crippen LogP contribution in [0, 0.1) is 5.92 Å². The van der Waals surface area contributed by atoms with E-state index in [1.165, 1.54) is 6.42 Å². The highest BCUT2D eigenvalue weighted by Gasteiger charge is 2.36. The summed E-state index contributed by atoms with van der Waals surface area (Å²) >= 11 is 0. The van der Waals surface area contributed by atoms with Gasteiger partial charge in [-0.25, -0.2) is 0 Å². The number of alkyl halides is 3. The van der Waals surface area contributed by atoms with Crippen LogP contribution in [-0.2, 0) is 4.74 Å². The minimum atomic E-state index is -4.23. The van der Waals surface area contributed by atoms with Crippen molar-refractivity contribution in [3.05, 3.63) is 0 Å². The van der Waals surface area contributed by atoms with E-state index in [4.69, 9.17) is 0 Å². The molecule has 0 aromatic rings. The van der Waals surface area contributed by atoms with E-state index >= 15 is 0 Å². The number of halogens is 3. The van der Waals surface area contributed by atoms with Gasteiger partial charge in [0.15, 0.2) is 0 Å². The number of likely N-dealkylation sites (tertiary alicyclic amines) is 1. The average Bonchev–Trinajstić information content (AvgIpc) is 2.84. The van der Waals surface area contributed by atoms with Crippen molar-refractivity contribution in [1.82, 2.24) is 4.90 Å². The zero-order valence-electron chi connectivity index (χ0n) is 12.4. The summed E-state index contributed by atoms with van der Waals surface area (Å²) in [7, 11) is 0. The summed E-state index contributed by atoms with van der Waals surface area (Å²) in [5, 5.41) is 10.1. The molecule has 2 aliphatic rings. The molecule has 3 nitrogen and oxygen atoms in total. The van der Waals surface area contributed by atoms with Crippen LogP contribution < -0.4 is 0 Å². The molecule has 2 fully saturated rings. The van der Waals surface area contributed by atoms with Gasteiger partial charge in [0.25, 0.3) is 0 Å². The van der Waals surface area contributed by atoms with Crippen LogP contribution in [0.25, 0.3) is 0 Å². The number of piperidine rings is 1. The van der Waals surface area contributed by atoms with Gasteiger partial charge in [0, 0.05) is 25.1 Å². The Labute approximate surface area is 124 Å². The Kier molecular flexibility index (Phi) is 6.32. The van der Waals surface area contributed by atoms with Gasteiger partial charge in [0.05, 0.1) is 6.10 Å². The molecule has 1 heterocycles. The van der Waals surface area contributed by atoms with Crippen molar-refractivity contribution >= 4 is 0 Å². The van der Waals surface area contributed by atoms with Crippen LogP contribution in [0.4, 0.5) is 13.2 Å². The second-order valence-electron chi connectivity index (χ2n) is 6.28. The lowest BCUT2D eigenvalue weighted by Crippen LogP contribution is -2.46. The highest BCUT2D eigenvalue weighted by atomic mass is 19.4. The number of aliphatic hydroxyl groups excluding tert-OH is 1. The molecule has 0 spiro atoms. The lowest BCUT2D eigenvalue weighted by molar-refractivity contribution is -0.174. The van der Waals surface area contributed by atoms with Crippen molar-refractivity contribution in [2.24, 2.45) is 5.92 Å². The van der Waals surface area contributed by atoms with Gasteiger partial charge in [-0.15, -0.1) is 0 Å². The fourth-order valence-corrected chi connectivity index (χ4v) is 3.75. The maximum absolute atomic E-state index is 12.0. The summed E-state index contributed by atoms with van der Waals surface area (Å²) in [6.45, 7) is 0.757. The zero-order valence-corrected chi connectivity index (χ0v) is 12.4. The van der Waals surface area contributed by atoms with Crippen molar-refractivity contribution < 1.29 is 23.0 Å². The predicted molar refractivity (Wildman–Crippen MR) is 74.1 cm³/mol. The topological polar surface area (TPSA) is 32.7 Å². The normalized spacial score (nSPS) is 31.7. The third-order valence-corrected chi connectivity index (χ3v) is 4.69. The largest absolute Gasteiger partial charge is 0.411 e. The lowest BCUT2D eigenvalue weighted by Gasteiger charge is -2.40. The van der Waals surface area contributed by atoms with E-state index < -0.39 is 12.8 Å². The molecule has 0 amide bonds. The summed E-state index contributed by atoms with van der Waals surface area (Å²) in [6.07, 6.45) is 2.68. The maximum Gasteiger partial charge on any atom is 0.411 e. The first kappa shape index (κ1) is 17.0. The summed E-state index contributed by atoms with van der Waals surface area (Å²) in [4.78, 5) is 2.36. The molecule has 1 aliphatic heterocycles. The maximum atomic E-state index is 12.0. The molecular weight excluding hydrogens is 283 g/mol. The van der Waals surface area contributed by atoms with Crippen LogP contribution in [0.15, 0.2) is 0 Å². The summed E-state index contributed by atoms with van der Waals surface area (Å²) in [6, 6.07) is 0.402. The average molecular weight is 309 g/mol. The van der Waals surface area contributed by atoms with Crippen molar-refractivity contribution in [3.8, 4) is 0 Å². The smallest absolute Gasteiger partial charge is 0.393 e. The predicted octanol–water partition coefficient (Wildman–Crippen LogP) is 2.97. The van der Waals surface area contributed by atoms with Gasteiger partial charge in [0.1, 0.15) is 6.61 Å². The standard InChI is InChI=1S/C15H26F3NO2/c16-15(17,18)11-21-10-4-9-19-8-2-1-6-13(19)12-5-3-7-14(12)20/h12-14,20H,1-11H2. The second kappa shape index (κ2) is 7.79. The summed E-state index contributed by atoms with van der Waals surface area (Å²) in [5.74, 6) is 0.349. The Balaban J connectivity index is 1.72. The molecule has 1 N–H and O–H groups in total. The molecule has 0 radical (unpaired) electrons. The van der Waals surface area contributed by atoms with Gasteiger partial charge in [-0.05, 0) is 38.6 Å². The lowest BCUT2D eigenvalue weighted by atomic mass is 9.87. The number of hydrogen-bond donors (Lipinski definition) is 1. The molecule has 0 aromatic carbocycles. The Morgan fingerprint density at radius 3 is 2.57 bits per heavy atom. The van der Waals surface area contributed by atoms with Gasteiger partial charge >= 0.3 is 6.18 Å². The Morgan fingerprint density at radius 2 is 1.90 bits per heavy atom. The quantitative estimate of drug-likeness (QED) is 0.766. The van der Waals surface area contributed by atoms with Crippen molar-refractivity contribution in [2.75, 3.05) is 26.3 Å². The highest BCUT2D eigenvalue weighted by molar-refractivity contribution is 4.90. The minimum Gasteiger partial charge on any atom is -0.393 e. The Bertz CT molecular complexity index is 312. The van der Waals surface area contributed by atoms with Gasteiger partial charge < -0.3 is 9.84 Å². The van der Waals surface area contributed by atoms with Gasteiger partial charge in [-0.3, -0.25) is 4.90 Å². The number of nitrogens with zero attached hydrogens (tertiary/aromatic N) is 1. The van der Waals surface area contributed by atoms with E-state index in [0.717, 1.165) is 45.2 Å². The van der Waals surface area contributed by atoms with E-state index in [0.29, 0.717) is 18.4 Å². The molecule has 0 bridgehead atoms. The third kappa shape index (κ3) is 5.42. The van der Waals surface area contributed by atoms with E-state index in [2.05, 4.69) is 9.64 Å². The number of hydrogen-bond acceptors (Lipinski definition) is 3. The van der Waals surface area contributed by atoms with Gasteiger partial charge in [-0.1, -0.05) is 12.8 Å². The Hall–Kier alpha value is -0.330. The van der Waals surface area contributed by atoms with Crippen molar-refractivity contribution in [2.45, 2.75) is 63.3 Å². The molecule has 1 saturated heterocycles. The first-order valence-electron chi connectivity index (χ1n) is 8.04. The molecule has 1 aliphatic carbocycles. The van der Waals surface area contributed by atoms with Crippen LogP contribution in [0.5, 0.6) is 0 Å². The van der Waals surface area contributed by atoms with Crippen molar-refractivity contribution in [1.29, 1.82) is 0 Å². The molecule has 3 atom stereocenters. The number of rotatable bonds is 6. The van der Waals surface area contributed by atoms with Crippen LogP contribution in [-0.4, -0.2) is 54.6 Å². The fraction of sp³-hybridized carbons (Fsp3) is 1.00. The van der Waals surface area contributed by atoms with E-state index in [1.54, 1.807) is 0 Å². The van der Waals surface area contributed by atoms with Crippen LogP contribution in [0.1, 0.15) is 44.9 Å². The summed E-state index contributed by atoms with van der Waals surface area (Å²) < 4.78 is 40.6. The SMILES string of the molecule is OC1CCCC1C1CCCCN1CCCOCC(F)(F)F. The molecule has 2 rings (SSSR count). The molecule has 1 saturated carbocycles. The monoisotopic (exact) mass is 309 g/mol. The van der Waals surface area contributed by atoms with Crippen LogP contribution in [0.3, 0.4) is 0 Å². The summed E-state index contributed by atoms with van der Waals surface area (Å²) in [5.41, 5.74) is 0. The third-order valence-electron chi connectivity index (χ3n) is 4.69. The first-order chi connectivity index (χ1) is 9.97. The van der Waals surface area contributed by atoms with Gasteiger partial charge in [0.2, 0.25) is 0 Å². The van der Waals surface area contributed by atoms with Crippen LogP contribution >= 0.6 is 0 Å². The second-order valence-corrected chi connectivity index (χ2v) is 6.28. The Morgan fingerprint density at radius 1 is 1.10 bits per heavy atom. The molecule has 3 unspecified atom stereocenters. The zero-order chi connectivity index (χ0) is 15.3. The van der Waals surface area contributed by atoms with Gasteiger partial charge in [-0.2, -0.15) is 13.2 Å². The van der Waals surface area contributed by atoms with E-state index in [-0.39, 0.29) is 12.7 Å². The fourth-order valence-electron chi connectivity index (χ4n) is 3.75.